The van der Waals surface area contributed by atoms with Crippen LogP contribution in [0.2, 0.25) is 5.02 Å². The van der Waals surface area contributed by atoms with Gasteiger partial charge < -0.3 is 10.0 Å². The fourth-order valence-corrected chi connectivity index (χ4v) is 3.50. The van der Waals surface area contributed by atoms with E-state index in [9.17, 15) is 19.1 Å². The highest BCUT2D eigenvalue weighted by Crippen LogP contribution is 2.39. The summed E-state index contributed by atoms with van der Waals surface area (Å²) < 4.78 is 13.6. The number of carbonyl (C=O) groups excluding carboxylic acids is 2. The topological polar surface area (TPSA) is 57.6 Å². The third kappa shape index (κ3) is 3.67. The van der Waals surface area contributed by atoms with Crippen molar-refractivity contribution in [3.05, 3.63) is 75.6 Å². The molecule has 28 heavy (non-hydrogen) atoms. The smallest absolute Gasteiger partial charge is 0.295 e. The molecule has 0 aromatic heterocycles. The van der Waals surface area contributed by atoms with Gasteiger partial charge in [0.25, 0.3) is 11.7 Å². The van der Waals surface area contributed by atoms with Crippen molar-refractivity contribution in [2.75, 3.05) is 6.54 Å². The van der Waals surface area contributed by atoms with Gasteiger partial charge in [0, 0.05) is 17.1 Å². The number of aryl methyl sites for hydroxylation is 1. The van der Waals surface area contributed by atoms with Crippen LogP contribution >= 0.6 is 11.6 Å². The molecule has 0 bridgehead atoms. The summed E-state index contributed by atoms with van der Waals surface area (Å²) in [6.45, 7) is 3.96. The Labute approximate surface area is 168 Å². The van der Waals surface area contributed by atoms with E-state index in [1.54, 1.807) is 31.2 Å². The van der Waals surface area contributed by atoms with Crippen LogP contribution < -0.4 is 0 Å². The van der Waals surface area contributed by atoms with Gasteiger partial charge in [-0.3, -0.25) is 9.59 Å². The summed E-state index contributed by atoms with van der Waals surface area (Å²) in [4.78, 5) is 26.9. The van der Waals surface area contributed by atoms with Crippen molar-refractivity contribution in [3.8, 4) is 0 Å². The van der Waals surface area contributed by atoms with Gasteiger partial charge in [0.2, 0.25) is 0 Å². The molecule has 1 atom stereocenters. The van der Waals surface area contributed by atoms with E-state index in [1.165, 1.54) is 23.1 Å². The van der Waals surface area contributed by atoms with Crippen LogP contribution in [0.5, 0.6) is 0 Å². The lowest BCUT2D eigenvalue weighted by molar-refractivity contribution is -0.139. The zero-order chi connectivity index (χ0) is 20.4. The van der Waals surface area contributed by atoms with Gasteiger partial charge in [0.1, 0.15) is 11.6 Å². The highest BCUT2D eigenvalue weighted by Gasteiger charge is 2.45. The quantitative estimate of drug-likeness (QED) is 0.435. The predicted octanol–water partition coefficient (Wildman–Crippen LogP) is 5.01. The number of benzene rings is 2. The molecule has 0 radical (unpaired) electrons. The molecule has 0 aliphatic carbocycles. The van der Waals surface area contributed by atoms with Crippen molar-refractivity contribution in [3.63, 3.8) is 0 Å². The van der Waals surface area contributed by atoms with E-state index >= 15 is 0 Å². The number of carbonyl (C=O) groups is 2. The van der Waals surface area contributed by atoms with E-state index in [1.807, 2.05) is 6.92 Å². The second-order valence-corrected chi connectivity index (χ2v) is 7.30. The van der Waals surface area contributed by atoms with Crippen LogP contribution in [0, 0.1) is 12.7 Å². The third-order valence-electron chi connectivity index (χ3n) is 4.91. The van der Waals surface area contributed by atoms with Crippen molar-refractivity contribution in [1.29, 1.82) is 0 Å². The number of likely N-dealkylation sites (tertiary alicyclic amines) is 1. The molecule has 1 aliphatic heterocycles. The molecular formula is C22H21ClFNO3. The van der Waals surface area contributed by atoms with Crippen molar-refractivity contribution in [2.45, 2.75) is 32.7 Å². The summed E-state index contributed by atoms with van der Waals surface area (Å²) in [5.74, 6) is -2.10. The van der Waals surface area contributed by atoms with Gasteiger partial charge >= 0.3 is 0 Å². The van der Waals surface area contributed by atoms with E-state index in [2.05, 4.69) is 0 Å². The average molecular weight is 402 g/mol. The Kier molecular flexibility index (Phi) is 5.84. The molecule has 6 heteroatoms. The number of ketones is 1. The monoisotopic (exact) mass is 401 g/mol. The van der Waals surface area contributed by atoms with Crippen LogP contribution in [0.4, 0.5) is 4.39 Å². The highest BCUT2D eigenvalue weighted by molar-refractivity contribution is 6.46. The molecule has 0 spiro atoms. The average Bonchev–Trinajstić information content (AvgIpc) is 2.93. The Morgan fingerprint density at radius 3 is 2.46 bits per heavy atom. The molecule has 1 N–H and O–H groups in total. The summed E-state index contributed by atoms with van der Waals surface area (Å²) in [6.07, 6.45) is 1.58. The SMILES string of the molecule is CCCCN1C(=O)C(=O)/C(=C(\O)c2ccc(F)c(C)c2)C1c1ccc(Cl)cc1. The Balaban J connectivity index is 2.17. The number of rotatable bonds is 5. The maximum absolute atomic E-state index is 13.6. The maximum atomic E-state index is 13.6. The molecule has 1 unspecified atom stereocenters. The summed E-state index contributed by atoms with van der Waals surface area (Å²) in [5.41, 5.74) is 1.33. The minimum atomic E-state index is -0.740. The van der Waals surface area contributed by atoms with Crippen LogP contribution in [-0.4, -0.2) is 28.2 Å². The number of hydrogen-bond donors (Lipinski definition) is 1. The van der Waals surface area contributed by atoms with Crippen molar-refractivity contribution >= 4 is 29.1 Å². The molecule has 1 saturated heterocycles. The summed E-state index contributed by atoms with van der Waals surface area (Å²) in [6, 6.07) is 10.2. The molecule has 1 fully saturated rings. The lowest BCUT2D eigenvalue weighted by Gasteiger charge is -2.25. The number of hydrogen-bond acceptors (Lipinski definition) is 3. The van der Waals surface area contributed by atoms with Gasteiger partial charge in [-0.25, -0.2) is 4.39 Å². The Bertz CT molecular complexity index is 953. The lowest BCUT2D eigenvalue weighted by Crippen LogP contribution is -2.30. The Morgan fingerprint density at radius 1 is 1.18 bits per heavy atom. The zero-order valence-electron chi connectivity index (χ0n) is 15.7. The first-order valence-corrected chi connectivity index (χ1v) is 9.53. The molecule has 0 saturated carbocycles. The van der Waals surface area contributed by atoms with Crippen LogP contribution in [-0.2, 0) is 9.59 Å². The first kappa shape index (κ1) is 20.1. The van der Waals surface area contributed by atoms with Gasteiger partial charge in [-0.2, -0.15) is 0 Å². The summed E-state index contributed by atoms with van der Waals surface area (Å²) in [7, 11) is 0. The van der Waals surface area contributed by atoms with Gasteiger partial charge in [-0.05, 0) is 54.8 Å². The Morgan fingerprint density at radius 2 is 1.86 bits per heavy atom. The predicted molar refractivity (Wildman–Crippen MR) is 107 cm³/mol. The molecule has 146 valence electrons. The molecule has 4 nitrogen and oxygen atoms in total. The summed E-state index contributed by atoms with van der Waals surface area (Å²) >= 11 is 5.98. The molecule has 3 rings (SSSR count). The molecule has 1 aliphatic rings. The third-order valence-corrected chi connectivity index (χ3v) is 5.16. The fraction of sp³-hybridized carbons (Fsp3) is 0.273. The van der Waals surface area contributed by atoms with Crippen LogP contribution in [0.3, 0.4) is 0 Å². The first-order valence-electron chi connectivity index (χ1n) is 9.15. The molecule has 2 aromatic rings. The standard InChI is InChI=1S/C22H21ClFNO3/c1-3-4-11-25-19(14-5-8-16(23)9-6-14)18(21(27)22(25)28)20(26)15-7-10-17(24)13(2)12-15/h5-10,12,19,26H,3-4,11H2,1-2H3/b20-18-. The van der Waals surface area contributed by atoms with Crippen molar-refractivity contribution < 1.29 is 19.1 Å². The molecule has 1 amide bonds. The summed E-state index contributed by atoms with van der Waals surface area (Å²) in [5, 5.41) is 11.4. The minimum absolute atomic E-state index is 0.00873. The largest absolute Gasteiger partial charge is 0.507 e. The number of Topliss-reactive ketones (excluding diaryl/α,β-unsaturated/α-hetero) is 1. The van der Waals surface area contributed by atoms with Crippen LogP contribution in [0.15, 0.2) is 48.0 Å². The van der Waals surface area contributed by atoms with E-state index < -0.39 is 23.5 Å². The van der Waals surface area contributed by atoms with Crippen LogP contribution in [0.25, 0.3) is 5.76 Å². The maximum Gasteiger partial charge on any atom is 0.295 e. The number of aliphatic hydroxyl groups is 1. The first-order chi connectivity index (χ1) is 13.3. The number of amides is 1. The van der Waals surface area contributed by atoms with E-state index in [0.717, 1.165) is 12.8 Å². The minimum Gasteiger partial charge on any atom is -0.507 e. The van der Waals surface area contributed by atoms with Gasteiger partial charge in [0.15, 0.2) is 0 Å². The van der Waals surface area contributed by atoms with Crippen LogP contribution in [0.1, 0.15) is 42.5 Å². The van der Waals surface area contributed by atoms with E-state index in [0.29, 0.717) is 28.3 Å². The lowest BCUT2D eigenvalue weighted by atomic mass is 9.95. The number of aliphatic hydroxyl groups excluding tert-OH is 1. The van der Waals surface area contributed by atoms with E-state index in [4.69, 9.17) is 11.6 Å². The Hall–Kier alpha value is -2.66. The fourth-order valence-electron chi connectivity index (χ4n) is 3.38. The highest BCUT2D eigenvalue weighted by atomic mass is 35.5. The van der Waals surface area contributed by atoms with Gasteiger partial charge in [-0.1, -0.05) is 37.1 Å². The second kappa shape index (κ2) is 8.15. The zero-order valence-corrected chi connectivity index (χ0v) is 16.5. The second-order valence-electron chi connectivity index (χ2n) is 6.86. The normalized spacial score (nSPS) is 18.7. The van der Waals surface area contributed by atoms with Crippen molar-refractivity contribution in [2.24, 2.45) is 0 Å². The molecular weight excluding hydrogens is 381 g/mol. The van der Waals surface area contributed by atoms with E-state index in [-0.39, 0.29) is 11.3 Å². The number of halogens is 2. The van der Waals surface area contributed by atoms with Crippen molar-refractivity contribution in [1.82, 2.24) is 4.90 Å². The van der Waals surface area contributed by atoms with Gasteiger partial charge in [-0.15, -0.1) is 0 Å². The van der Waals surface area contributed by atoms with Gasteiger partial charge in [0.05, 0.1) is 11.6 Å². The molecule has 2 aromatic carbocycles. The number of nitrogens with zero attached hydrogens (tertiary/aromatic N) is 1. The molecule has 1 heterocycles. The number of unbranched alkanes of at least 4 members (excludes halogenated alkanes) is 1.